The Morgan fingerprint density at radius 3 is 2.11 bits per heavy atom. The molecule has 0 bridgehead atoms. The highest BCUT2D eigenvalue weighted by molar-refractivity contribution is 6.21. The predicted octanol–water partition coefficient (Wildman–Crippen LogP) is 5.70. The molecule has 12 nitrogen and oxygen atoms in total. The molecule has 0 fully saturated rings. The van der Waals surface area contributed by atoms with E-state index in [0.717, 1.165) is 5.69 Å². The van der Waals surface area contributed by atoms with E-state index >= 15 is 0 Å². The van der Waals surface area contributed by atoms with E-state index in [1.54, 1.807) is 35.7 Å². The number of nitrogens with zero attached hydrogens (tertiary/aromatic N) is 8. The molecule has 0 saturated carbocycles. The van der Waals surface area contributed by atoms with Crippen molar-refractivity contribution < 1.29 is 9.59 Å². The van der Waals surface area contributed by atoms with Gasteiger partial charge < -0.3 is 0 Å². The summed E-state index contributed by atoms with van der Waals surface area (Å²) < 4.78 is 1.63. The molecule has 12 heteroatoms. The van der Waals surface area contributed by atoms with Crippen LogP contribution in [-0.2, 0) is 10.8 Å². The van der Waals surface area contributed by atoms with Gasteiger partial charge in [0.2, 0.25) is 11.5 Å². The lowest BCUT2D eigenvalue weighted by atomic mass is 9.91. The Labute approximate surface area is 219 Å². The van der Waals surface area contributed by atoms with Crippen LogP contribution >= 0.6 is 0 Å². The van der Waals surface area contributed by atoms with Crippen molar-refractivity contribution in [1.82, 2.24) is 34.9 Å². The fourth-order valence-electron chi connectivity index (χ4n) is 4.52. The topological polar surface area (TPSA) is 141 Å². The van der Waals surface area contributed by atoms with E-state index in [1.807, 2.05) is 41.5 Å². The number of hydrogen-bond donors (Lipinski definition) is 2. The molecular formula is C26H28N10O2. The van der Waals surface area contributed by atoms with Crippen LogP contribution in [0, 0.1) is 6.57 Å². The molecule has 4 heterocycles. The summed E-state index contributed by atoms with van der Waals surface area (Å²) >= 11 is 0. The number of aromatic nitrogens is 6. The summed E-state index contributed by atoms with van der Waals surface area (Å²) in [5, 5.41) is 27.8. The first-order chi connectivity index (χ1) is 17.8. The fourth-order valence-corrected chi connectivity index (χ4v) is 4.52. The van der Waals surface area contributed by atoms with Crippen LogP contribution in [0.4, 0.5) is 17.2 Å². The summed E-state index contributed by atoms with van der Waals surface area (Å²) in [4.78, 5) is 31.0. The summed E-state index contributed by atoms with van der Waals surface area (Å²) in [6, 6.07) is 6.04. The van der Waals surface area contributed by atoms with E-state index in [2.05, 4.69) is 40.6 Å². The first-order valence-electron chi connectivity index (χ1n) is 12.2. The third kappa shape index (κ3) is 3.78. The van der Waals surface area contributed by atoms with Gasteiger partial charge in [-0.2, -0.15) is 5.10 Å². The third-order valence-electron chi connectivity index (χ3n) is 6.53. The first kappa shape index (κ1) is 25.0. The van der Waals surface area contributed by atoms with Gasteiger partial charge in [-0.1, -0.05) is 53.7 Å². The summed E-state index contributed by atoms with van der Waals surface area (Å²) in [5.74, 6) is -0.198. The van der Waals surface area contributed by atoms with E-state index in [9.17, 15) is 9.59 Å². The lowest BCUT2D eigenvalue weighted by Crippen LogP contribution is -2.33. The number of azo groups is 1. The van der Waals surface area contributed by atoms with Crippen LogP contribution < -0.4 is 0 Å². The van der Waals surface area contributed by atoms with E-state index in [4.69, 9.17) is 6.57 Å². The van der Waals surface area contributed by atoms with Crippen LogP contribution in [0.5, 0.6) is 0 Å². The van der Waals surface area contributed by atoms with Crippen LogP contribution in [-0.4, -0.2) is 46.7 Å². The molecule has 1 atom stereocenters. The lowest BCUT2D eigenvalue weighted by molar-refractivity contribution is 0.0587. The number of amides is 2. The number of fused-ring (bicyclic) bond motifs is 2. The molecule has 4 aromatic rings. The van der Waals surface area contributed by atoms with Crippen molar-refractivity contribution in [2.24, 2.45) is 10.2 Å². The minimum absolute atomic E-state index is 0.184. The smallest absolute Gasteiger partial charge is 0.262 e. The average molecular weight is 513 g/mol. The van der Waals surface area contributed by atoms with Gasteiger partial charge in [0.25, 0.3) is 17.5 Å². The Balaban J connectivity index is 1.58. The standard InChI is InChI=1S/C26H28N10O2/c1-13(35-23(37)14-11-9-10-12-15(14)24(35)38)21-32-33-22-17(19(26(5,6)7)34-36(21)22)28-30-20-16(27-8)18(29-31-20)25(2,3)4/h9-13,34H,1-7H3,(H,29,31). The minimum Gasteiger partial charge on any atom is -0.292 e. The Bertz CT molecular complexity index is 1630. The second kappa shape index (κ2) is 8.44. The molecule has 5 rings (SSSR count). The van der Waals surface area contributed by atoms with E-state index in [1.165, 1.54) is 4.90 Å². The van der Waals surface area contributed by atoms with Crippen molar-refractivity contribution >= 4 is 34.7 Å². The minimum atomic E-state index is -0.706. The molecule has 0 aliphatic carbocycles. The number of hydrogen-bond acceptors (Lipinski definition) is 7. The summed E-state index contributed by atoms with van der Waals surface area (Å²) in [6.07, 6.45) is 0. The number of carbonyl (C=O) groups excluding carboxylic acids is 2. The number of nitrogens with one attached hydrogen (secondary N) is 2. The summed E-state index contributed by atoms with van der Waals surface area (Å²) in [6.45, 7) is 21.3. The molecule has 38 heavy (non-hydrogen) atoms. The SMILES string of the molecule is [C-]#[N+]c1c(N=Nc2c(C(C)(C)C)[nH]n3c(C(C)N4C(=O)c5ccccc5C4=O)nnc23)n[nH]c1C(C)(C)C. The van der Waals surface area contributed by atoms with Gasteiger partial charge in [0.1, 0.15) is 0 Å². The normalized spacial score (nSPS) is 15.1. The van der Waals surface area contributed by atoms with Crippen LogP contribution in [0.3, 0.4) is 0 Å². The van der Waals surface area contributed by atoms with Crippen molar-refractivity contribution in [2.75, 3.05) is 0 Å². The maximum Gasteiger partial charge on any atom is 0.262 e. The Morgan fingerprint density at radius 2 is 1.55 bits per heavy atom. The van der Waals surface area contributed by atoms with Gasteiger partial charge in [-0.3, -0.25) is 24.7 Å². The number of benzene rings is 1. The molecule has 3 aromatic heterocycles. The molecule has 2 N–H and O–H groups in total. The molecule has 2 amide bonds. The van der Waals surface area contributed by atoms with Crippen molar-refractivity contribution in [3.8, 4) is 0 Å². The first-order valence-corrected chi connectivity index (χ1v) is 12.2. The van der Waals surface area contributed by atoms with Crippen LogP contribution in [0.2, 0.25) is 0 Å². The monoisotopic (exact) mass is 512 g/mol. The zero-order valence-corrected chi connectivity index (χ0v) is 22.3. The van der Waals surface area contributed by atoms with Gasteiger partial charge in [-0.25, -0.2) is 9.36 Å². The summed E-state index contributed by atoms with van der Waals surface area (Å²) in [7, 11) is 0. The second-order valence-corrected chi connectivity index (χ2v) is 11.3. The quantitative estimate of drug-likeness (QED) is 0.205. The van der Waals surface area contributed by atoms with Gasteiger partial charge in [-0.05, 0) is 24.5 Å². The highest BCUT2D eigenvalue weighted by Crippen LogP contribution is 2.40. The van der Waals surface area contributed by atoms with Crippen molar-refractivity contribution in [2.45, 2.75) is 65.3 Å². The maximum atomic E-state index is 13.1. The van der Waals surface area contributed by atoms with E-state index in [-0.39, 0.29) is 23.0 Å². The molecule has 194 valence electrons. The average Bonchev–Trinajstić information content (AvgIpc) is 3.59. The van der Waals surface area contributed by atoms with Crippen LogP contribution in [0.1, 0.15) is 92.4 Å². The highest BCUT2D eigenvalue weighted by atomic mass is 16.2. The van der Waals surface area contributed by atoms with Crippen LogP contribution in [0.25, 0.3) is 10.5 Å². The zero-order valence-electron chi connectivity index (χ0n) is 22.3. The zero-order chi connectivity index (χ0) is 27.6. The predicted molar refractivity (Wildman–Crippen MR) is 139 cm³/mol. The van der Waals surface area contributed by atoms with Crippen molar-refractivity contribution in [1.29, 1.82) is 0 Å². The molecule has 1 unspecified atom stereocenters. The van der Waals surface area contributed by atoms with Gasteiger partial charge in [0.15, 0.2) is 11.5 Å². The summed E-state index contributed by atoms with van der Waals surface area (Å²) in [5.41, 5.74) is 2.54. The molecule has 1 aliphatic heterocycles. The number of rotatable bonds is 4. The van der Waals surface area contributed by atoms with E-state index in [0.29, 0.717) is 39.7 Å². The maximum absolute atomic E-state index is 13.1. The number of imide groups is 1. The lowest BCUT2D eigenvalue weighted by Gasteiger charge is -2.21. The molecular weight excluding hydrogens is 484 g/mol. The van der Waals surface area contributed by atoms with E-state index < -0.39 is 11.5 Å². The number of aromatic amines is 2. The molecule has 0 radical (unpaired) electrons. The molecule has 1 aliphatic rings. The Hall–Kier alpha value is -4.66. The highest BCUT2D eigenvalue weighted by Gasteiger charge is 2.41. The Kier molecular flexibility index (Phi) is 5.56. The molecule has 1 aromatic carbocycles. The largest absolute Gasteiger partial charge is 0.292 e. The third-order valence-corrected chi connectivity index (χ3v) is 6.53. The van der Waals surface area contributed by atoms with Gasteiger partial charge in [-0.15, -0.1) is 20.4 Å². The molecule has 0 saturated heterocycles. The van der Waals surface area contributed by atoms with Crippen molar-refractivity contribution in [3.05, 3.63) is 64.0 Å². The second-order valence-electron chi connectivity index (χ2n) is 11.3. The van der Waals surface area contributed by atoms with Gasteiger partial charge in [0.05, 0.1) is 29.4 Å². The number of H-pyrrole nitrogens is 2. The fraction of sp³-hybridized carbons (Fsp3) is 0.385. The Morgan fingerprint density at radius 1 is 0.947 bits per heavy atom. The van der Waals surface area contributed by atoms with Crippen molar-refractivity contribution in [3.63, 3.8) is 0 Å². The molecule has 0 spiro atoms. The number of carbonyl (C=O) groups is 2. The van der Waals surface area contributed by atoms with Gasteiger partial charge >= 0.3 is 0 Å². The van der Waals surface area contributed by atoms with Crippen LogP contribution in [0.15, 0.2) is 34.5 Å². The van der Waals surface area contributed by atoms with Gasteiger partial charge in [0, 0.05) is 11.1 Å².